The zero-order valence-corrected chi connectivity index (χ0v) is 17.6. The number of rotatable bonds is 9. The Labute approximate surface area is 161 Å². The third-order valence-corrected chi connectivity index (χ3v) is 8.77. The summed E-state index contributed by atoms with van der Waals surface area (Å²) in [4.78, 5) is 0. The van der Waals surface area contributed by atoms with Crippen LogP contribution in [0.25, 0.3) is 0 Å². The number of hydrogen-bond donors (Lipinski definition) is 1. The van der Waals surface area contributed by atoms with Crippen molar-refractivity contribution < 1.29 is 8.85 Å². The third kappa shape index (κ3) is 6.71. The van der Waals surface area contributed by atoms with Crippen molar-refractivity contribution in [2.75, 3.05) is 11.9 Å². The molecule has 3 rings (SSSR count). The van der Waals surface area contributed by atoms with Gasteiger partial charge in [0.05, 0.1) is 0 Å². The molecular formula is C22H37NO2Si. The molecule has 2 fully saturated rings. The minimum Gasteiger partial charge on any atom is -0.391 e. The van der Waals surface area contributed by atoms with Crippen LogP contribution in [0.1, 0.15) is 70.6 Å². The normalized spacial score (nSPS) is 20.2. The second-order valence-electron chi connectivity index (χ2n) is 8.29. The Morgan fingerprint density at radius 2 is 1.38 bits per heavy atom. The van der Waals surface area contributed by atoms with Crippen molar-refractivity contribution in [2.45, 2.75) is 95.4 Å². The summed E-state index contributed by atoms with van der Waals surface area (Å²) in [5.74, 6) is 0. The van der Waals surface area contributed by atoms with Crippen molar-refractivity contribution in [3.8, 4) is 0 Å². The Hall–Kier alpha value is -0.843. The zero-order chi connectivity index (χ0) is 18.1. The summed E-state index contributed by atoms with van der Waals surface area (Å²) in [6.45, 7) is 3.33. The van der Waals surface area contributed by atoms with E-state index >= 15 is 0 Å². The summed E-state index contributed by atoms with van der Waals surface area (Å²) in [5.41, 5.74) is 1.21. The lowest BCUT2D eigenvalue weighted by Gasteiger charge is -2.37. The van der Waals surface area contributed by atoms with Crippen LogP contribution in [0.4, 0.5) is 5.69 Å². The molecule has 1 aromatic carbocycles. The van der Waals surface area contributed by atoms with Crippen LogP contribution in [-0.4, -0.2) is 27.3 Å². The lowest BCUT2D eigenvalue weighted by Crippen LogP contribution is -2.46. The van der Waals surface area contributed by atoms with E-state index in [2.05, 4.69) is 42.2 Å². The molecule has 0 spiro atoms. The van der Waals surface area contributed by atoms with Crippen molar-refractivity contribution in [2.24, 2.45) is 0 Å². The quantitative estimate of drug-likeness (QED) is 0.408. The molecule has 0 atom stereocenters. The molecule has 0 bridgehead atoms. The van der Waals surface area contributed by atoms with Crippen LogP contribution in [0.2, 0.25) is 12.6 Å². The fourth-order valence-corrected chi connectivity index (χ4v) is 7.41. The fraction of sp³-hybridized carbons (Fsp3) is 0.727. The van der Waals surface area contributed by atoms with Gasteiger partial charge in [0.1, 0.15) is 0 Å². The van der Waals surface area contributed by atoms with E-state index in [4.69, 9.17) is 8.85 Å². The van der Waals surface area contributed by atoms with Crippen LogP contribution in [-0.2, 0) is 8.85 Å². The molecule has 26 heavy (non-hydrogen) atoms. The predicted molar refractivity (Wildman–Crippen MR) is 112 cm³/mol. The summed E-state index contributed by atoms with van der Waals surface area (Å²) < 4.78 is 13.4. The van der Waals surface area contributed by atoms with Gasteiger partial charge in [0.2, 0.25) is 0 Å². The maximum atomic E-state index is 6.72. The molecule has 3 nitrogen and oxygen atoms in total. The smallest absolute Gasteiger partial charge is 0.335 e. The second-order valence-corrected chi connectivity index (χ2v) is 11.5. The van der Waals surface area contributed by atoms with E-state index in [0.29, 0.717) is 12.2 Å². The lowest BCUT2D eigenvalue weighted by atomic mass is 9.98. The molecule has 4 heteroatoms. The van der Waals surface area contributed by atoms with Crippen molar-refractivity contribution in [1.29, 1.82) is 0 Å². The third-order valence-electron chi connectivity index (χ3n) is 5.85. The molecule has 0 unspecified atom stereocenters. The highest BCUT2D eigenvalue weighted by molar-refractivity contribution is 6.66. The molecule has 146 valence electrons. The number of benzene rings is 1. The van der Waals surface area contributed by atoms with Crippen molar-refractivity contribution in [3.63, 3.8) is 0 Å². The molecule has 0 radical (unpaired) electrons. The van der Waals surface area contributed by atoms with Crippen LogP contribution in [0.15, 0.2) is 30.3 Å². The van der Waals surface area contributed by atoms with Crippen LogP contribution in [0.3, 0.4) is 0 Å². The van der Waals surface area contributed by atoms with E-state index in [9.17, 15) is 0 Å². The summed E-state index contributed by atoms with van der Waals surface area (Å²) >= 11 is 0. The second kappa shape index (κ2) is 10.5. The summed E-state index contributed by atoms with van der Waals surface area (Å²) in [6.07, 6.45) is 15.0. The first-order chi connectivity index (χ1) is 12.7. The van der Waals surface area contributed by atoms with E-state index in [1.54, 1.807) is 0 Å². The first-order valence-electron chi connectivity index (χ1n) is 10.9. The molecule has 1 aromatic rings. The minimum absolute atomic E-state index is 0.450. The maximum Gasteiger partial charge on any atom is 0.335 e. The Balaban J connectivity index is 1.50. The number of nitrogens with one attached hydrogen (secondary N) is 1. The zero-order valence-electron chi connectivity index (χ0n) is 16.6. The van der Waals surface area contributed by atoms with Gasteiger partial charge in [-0.1, -0.05) is 56.7 Å². The Kier molecular flexibility index (Phi) is 8.02. The van der Waals surface area contributed by atoms with Crippen LogP contribution >= 0.6 is 0 Å². The molecule has 0 amide bonds. The Morgan fingerprint density at radius 3 is 1.92 bits per heavy atom. The lowest BCUT2D eigenvalue weighted by molar-refractivity contribution is 0.0497. The van der Waals surface area contributed by atoms with Gasteiger partial charge in [0.15, 0.2) is 0 Å². The molecule has 0 heterocycles. The van der Waals surface area contributed by atoms with Gasteiger partial charge in [0.25, 0.3) is 0 Å². The van der Waals surface area contributed by atoms with Gasteiger partial charge in [-0.2, -0.15) is 0 Å². The maximum absolute atomic E-state index is 6.72. The van der Waals surface area contributed by atoms with Gasteiger partial charge in [-0.15, -0.1) is 0 Å². The first kappa shape index (κ1) is 19.9. The monoisotopic (exact) mass is 375 g/mol. The highest BCUT2D eigenvalue weighted by Crippen LogP contribution is 2.30. The van der Waals surface area contributed by atoms with Gasteiger partial charge in [-0.25, -0.2) is 0 Å². The van der Waals surface area contributed by atoms with Crippen LogP contribution in [0.5, 0.6) is 0 Å². The van der Waals surface area contributed by atoms with Crippen LogP contribution < -0.4 is 5.32 Å². The van der Waals surface area contributed by atoms with E-state index in [0.717, 1.165) is 19.0 Å². The van der Waals surface area contributed by atoms with E-state index in [1.807, 2.05) is 0 Å². The standard InChI is InChI=1S/C22H37NO2Si/c1-26(24-21-14-7-3-8-15-21,25-22-16-9-4-10-17-22)19-11-18-23-20-12-5-2-6-13-20/h2,5-6,12-13,21-23H,3-4,7-11,14-19H2,1H3. The predicted octanol–water partition coefficient (Wildman–Crippen LogP) is 6.26. The molecule has 2 aliphatic rings. The summed E-state index contributed by atoms with van der Waals surface area (Å²) in [7, 11) is -2.10. The Morgan fingerprint density at radius 1 is 0.846 bits per heavy atom. The van der Waals surface area contributed by atoms with Gasteiger partial charge in [-0.3, -0.25) is 0 Å². The average molecular weight is 376 g/mol. The number of para-hydroxylation sites is 1. The average Bonchev–Trinajstić information content (AvgIpc) is 2.68. The Bertz CT molecular complexity index is 478. The van der Waals surface area contributed by atoms with Crippen molar-refractivity contribution in [1.82, 2.24) is 0 Å². The van der Waals surface area contributed by atoms with E-state index in [1.165, 1.54) is 69.9 Å². The van der Waals surface area contributed by atoms with E-state index in [-0.39, 0.29) is 0 Å². The van der Waals surface area contributed by atoms with Gasteiger partial charge in [0, 0.05) is 24.4 Å². The highest BCUT2D eigenvalue weighted by Gasteiger charge is 2.37. The molecule has 0 aromatic heterocycles. The summed E-state index contributed by atoms with van der Waals surface area (Å²) in [6, 6.07) is 11.6. The number of hydrogen-bond acceptors (Lipinski definition) is 3. The highest BCUT2D eigenvalue weighted by atomic mass is 28.4. The molecule has 0 saturated heterocycles. The molecule has 2 aliphatic carbocycles. The van der Waals surface area contributed by atoms with Gasteiger partial charge < -0.3 is 14.2 Å². The van der Waals surface area contributed by atoms with Crippen molar-refractivity contribution in [3.05, 3.63) is 30.3 Å². The summed E-state index contributed by atoms with van der Waals surface area (Å²) in [5, 5.41) is 3.54. The largest absolute Gasteiger partial charge is 0.391 e. The van der Waals surface area contributed by atoms with Crippen LogP contribution in [0, 0.1) is 0 Å². The van der Waals surface area contributed by atoms with Gasteiger partial charge in [-0.05, 0) is 56.8 Å². The minimum atomic E-state index is -2.10. The molecule has 1 N–H and O–H groups in total. The topological polar surface area (TPSA) is 30.5 Å². The number of anilines is 1. The molecule has 0 aliphatic heterocycles. The van der Waals surface area contributed by atoms with Crippen molar-refractivity contribution >= 4 is 14.2 Å². The van der Waals surface area contributed by atoms with E-state index < -0.39 is 8.56 Å². The molecular weight excluding hydrogens is 338 g/mol. The first-order valence-corrected chi connectivity index (χ1v) is 13.4. The SMILES string of the molecule is C[Si](CCCNc1ccccc1)(OC1CCCCC1)OC1CCCCC1. The fourth-order valence-electron chi connectivity index (χ4n) is 4.41. The molecule has 2 saturated carbocycles. The van der Waals surface area contributed by atoms with Gasteiger partial charge >= 0.3 is 8.56 Å².